The van der Waals surface area contributed by atoms with Gasteiger partial charge in [0.2, 0.25) is 5.84 Å². The predicted octanol–water partition coefficient (Wildman–Crippen LogP) is 1.72. The molecule has 0 aromatic carbocycles. The van der Waals surface area contributed by atoms with Crippen molar-refractivity contribution in [2.75, 3.05) is 0 Å². The third-order valence-corrected chi connectivity index (χ3v) is 2.27. The van der Waals surface area contributed by atoms with Gasteiger partial charge in [0.25, 0.3) is 0 Å². The number of hydrogen-bond donors (Lipinski definition) is 1. The van der Waals surface area contributed by atoms with E-state index < -0.39 is 0 Å². The Kier molecular flexibility index (Phi) is 5.04. The maximum Gasteiger partial charge on any atom is 0.448 e. The monoisotopic (exact) mass is 195 g/mol. The van der Waals surface area contributed by atoms with Gasteiger partial charge in [0.05, 0.1) is 5.11 Å². The van der Waals surface area contributed by atoms with Crippen molar-refractivity contribution in [3.8, 4) is 0 Å². The van der Waals surface area contributed by atoms with Gasteiger partial charge in [-0.1, -0.05) is 39.0 Å². The molecule has 0 bridgehead atoms. The summed E-state index contributed by atoms with van der Waals surface area (Å²) in [4.78, 5) is 4.00. The minimum absolute atomic E-state index is 0.297. The van der Waals surface area contributed by atoms with Gasteiger partial charge in [0.1, 0.15) is 0 Å². The zero-order valence-electron chi connectivity index (χ0n) is 8.87. The van der Waals surface area contributed by atoms with Crippen LogP contribution < -0.4 is 5.41 Å². The smallest absolute Gasteiger partial charge is 0.283 e. The number of aliphatic imine (C=N–C) groups is 1. The van der Waals surface area contributed by atoms with Crippen LogP contribution in [0.4, 0.5) is 0 Å². The number of azo groups is 1. The van der Waals surface area contributed by atoms with Crippen molar-refractivity contribution in [2.45, 2.75) is 51.9 Å². The van der Waals surface area contributed by atoms with E-state index in [9.17, 15) is 0 Å². The van der Waals surface area contributed by atoms with E-state index in [4.69, 9.17) is 5.41 Å². The number of amidine groups is 1. The Morgan fingerprint density at radius 2 is 1.71 bits per heavy atom. The van der Waals surface area contributed by atoms with Crippen LogP contribution in [0.25, 0.3) is 0 Å². The Bertz CT molecular complexity index is 243. The molecule has 0 amide bonds. The lowest BCUT2D eigenvalue weighted by Crippen LogP contribution is -2.36. The summed E-state index contributed by atoms with van der Waals surface area (Å²) in [5.41, 5.74) is 0. The summed E-state index contributed by atoms with van der Waals surface area (Å²) in [6.45, 7) is 2.23. The van der Waals surface area contributed by atoms with E-state index in [1.807, 2.05) is 0 Å². The molecule has 0 spiro atoms. The first-order valence-electron chi connectivity index (χ1n) is 5.44. The molecule has 0 unspecified atom stereocenters. The van der Waals surface area contributed by atoms with Crippen LogP contribution in [0.1, 0.15) is 51.9 Å². The van der Waals surface area contributed by atoms with Crippen LogP contribution in [0.15, 0.2) is 15.2 Å². The highest BCUT2D eigenvalue weighted by Gasteiger charge is 2.15. The number of nitrogens with two attached hydrogens (primary N) is 1. The van der Waals surface area contributed by atoms with Crippen LogP contribution in [0.5, 0.6) is 0 Å². The largest absolute Gasteiger partial charge is 0.448 e. The summed E-state index contributed by atoms with van der Waals surface area (Å²) in [6, 6.07) is 0. The van der Waals surface area contributed by atoms with Crippen LogP contribution >= 0.6 is 0 Å². The molecule has 1 rings (SSSR count). The van der Waals surface area contributed by atoms with Crippen LogP contribution in [-0.2, 0) is 0 Å². The molecule has 0 saturated carbocycles. The molecule has 0 atom stereocenters. The molecule has 1 aliphatic heterocycles. The molecule has 0 saturated heterocycles. The molecule has 4 nitrogen and oxygen atoms in total. The van der Waals surface area contributed by atoms with Crippen LogP contribution in [0.2, 0.25) is 0 Å². The van der Waals surface area contributed by atoms with Gasteiger partial charge in [-0.3, -0.25) is 5.41 Å². The molecular formula is C10H19N4+. The van der Waals surface area contributed by atoms with Gasteiger partial charge < -0.3 is 0 Å². The van der Waals surface area contributed by atoms with Crippen molar-refractivity contribution in [1.29, 1.82) is 0 Å². The molecule has 14 heavy (non-hydrogen) atoms. The van der Waals surface area contributed by atoms with E-state index in [0.717, 1.165) is 18.7 Å². The second kappa shape index (κ2) is 6.40. The van der Waals surface area contributed by atoms with Gasteiger partial charge in [-0.2, -0.15) is 0 Å². The molecular weight excluding hydrogens is 176 g/mol. The Labute approximate surface area is 85.0 Å². The highest BCUT2D eigenvalue weighted by Crippen LogP contribution is 2.09. The first-order chi connectivity index (χ1) is 6.83. The summed E-state index contributed by atoms with van der Waals surface area (Å²) in [7, 11) is 0. The number of hydrogen-bond acceptors (Lipinski definition) is 1. The Morgan fingerprint density at radius 3 is 2.36 bits per heavy atom. The van der Waals surface area contributed by atoms with Crippen molar-refractivity contribution in [2.24, 2.45) is 15.2 Å². The molecule has 0 aromatic rings. The van der Waals surface area contributed by atoms with Gasteiger partial charge in [0.15, 0.2) is 0 Å². The number of nitrogens with zero attached hydrogens (tertiary/aromatic N) is 3. The van der Waals surface area contributed by atoms with Gasteiger partial charge in [-0.05, 0) is 16.5 Å². The van der Waals surface area contributed by atoms with E-state index in [0.29, 0.717) is 5.96 Å². The Balaban J connectivity index is 1.97. The van der Waals surface area contributed by atoms with Gasteiger partial charge >= 0.3 is 5.96 Å². The molecule has 0 fully saturated rings. The van der Waals surface area contributed by atoms with Crippen LogP contribution in [0.3, 0.4) is 0 Å². The fraction of sp³-hybridized carbons (Fsp3) is 0.800. The summed E-state index contributed by atoms with van der Waals surface area (Å²) in [6.07, 6.45) is 8.63. The number of unbranched alkanes of at least 4 members (excludes halogenated alkanes) is 5. The second-order valence-corrected chi connectivity index (χ2v) is 3.60. The summed E-state index contributed by atoms with van der Waals surface area (Å²) >= 11 is 0. The average Bonchev–Trinajstić information content (AvgIpc) is 2.58. The van der Waals surface area contributed by atoms with Gasteiger partial charge in [0, 0.05) is 6.42 Å². The van der Waals surface area contributed by atoms with Gasteiger partial charge in [-0.15, -0.1) is 0 Å². The van der Waals surface area contributed by atoms with E-state index in [1.54, 1.807) is 0 Å². The SMILES string of the molecule is CCCCCCCCC1=NC(=[NH2+])N=N1. The fourth-order valence-electron chi connectivity index (χ4n) is 1.46. The topological polar surface area (TPSA) is 62.7 Å². The molecule has 0 aliphatic carbocycles. The lowest BCUT2D eigenvalue weighted by molar-refractivity contribution is -0.116. The zero-order chi connectivity index (χ0) is 10.2. The lowest BCUT2D eigenvalue weighted by Gasteiger charge is -1.97. The molecule has 78 valence electrons. The van der Waals surface area contributed by atoms with Crippen LogP contribution in [-0.4, -0.2) is 11.8 Å². The summed E-state index contributed by atoms with van der Waals surface area (Å²) in [5.74, 6) is 1.09. The van der Waals surface area contributed by atoms with E-state index >= 15 is 0 Å². The van der Waals surface area contributed by atoms with Crippen molar-refractivity contribution < 1.29 is 5.41 Å². The molecule has 2 N–H and O–H groups in total. The average molecular weight is 195 g/mol. The molecule has 1 heterocycles. The maximum atomic E-state index is 5.36. The maximum absolute atomic E-state index is 5.36. The van der Waals surface area contributed by atoms with Crippen molar-refractivity contribution >= 4 is 11.8 Å². The molecule has 0 radical (unpaired) electrons. The third kappa shape index (κ3) is 4.25. The number of guanidine groups is 1. The first-order valence-corrected chi connectivity index (χ1v) is 5.44. The zero-order valence-corrected chi connectivity index (χ0v) is 8.87. The highest BCUT2D eigenvalue weighted by atomic mass is 15.3. The minimum atomic E-state index is 0.297. The Morgan fingerprint density at radius 1 is 1.00 bits per heavy atom. The molecule has 1 aliphatic rings. The second-order valence-electron chi connectivity index (χ2n) is 3.60. The fourth-order valence-corrected chi connectivity index (χ4v) is 1.46. The van der Waals surface area contributed by atoms with Crippen molar-refractivity contribution in [3.63, 3.8) is 0 Å². The number of rotatable bonds is 7. The standard InChI is InChI=1S/C10H18N4/c1-2-3-4-5-6-7-8-9-12-10(11)14-13-9/h11H,2-8H2,1H3/p+1. The highest BCUT2D eigenvalue weighted by molar-refractivity contribution is 5.98. The normalized spacial score (nSPS) is 14.9. The van der Waals surface area contributed by atoms with E-state index in [2.05, 4.69) is 22.1 Å². The summed E-state index contributed by atoms with van der Waals surface area (Å²) < 4.78 is 0. The van der Waals surface area contributed by atoms with E-state index in [-0.39, 0.29) is 0 Å². The van der Waals surface area contributed by atoms with Crippen molar-refractivity contribution in [3.05, 3.63) is 0 Å². The Hall–Kier alpha value is -1.06. The predicted molar refractivity (Wildman–Crippen MR) is 57.2 cm³/mol. The lowest BCUT2D eigenvalue weighted by atomic mass is 10.1. The third-order valence-electron chi connectivity index (χ3n) is 2.27. The summed E-state index contributed by atoms with van der Waals surface area (Å²) in [5, 5.41) is 12.9. The van der Waals surface area contributed by atoms with Crippen molar-refractivity contribution in [1.82, 2.24) is 0 Å². The minimum Gasteiger partial charge on any atom is -0.283 e. The van der Waals surface area contributed by atoms with Crippen LogP contribution in [0, 0.1) is 0 Å². The van der Waals surface area contributed by atoms with Gasteiger partial charge in [-0.25, -0.2) is 0 Å². The first kappa shape index (κ1) is 11.0. The van der Waals surface area contributed by atoms with E-state index in [1.165, 1.54) is 32.1 Å². The molecule has 4 heteroatoms. The quantitative estimate of drug-likeness (QED) is 0.601. The molecule has 0 aromatic heterocycles.